The quantitative estimate of drug-likeness (QED) is 0.590. The summed E-state index contributed by atoms with van der Waals surface area (Å²) >= 11 is 11.1. The van der Waals surface area contributed by atoms with Crippen LogP contribution in [0.1, 0.15) is 24.7 Å². The van der Waals surface area contributed by atoms with Gasteiger partial charge in [0.15, 0.2) is 0 Å². The van der Waals surface area contributed by atoms with Crippen LogP contribution in [-0.4, -0.2) is 21.4 Å². The molecule has 0 unspecified atom stereocenters. The highest BCUT2D eigenvalue weighted by Crippen LogP contribution is 2.25. The van der Waals surface area contributed by atoms with Gasteiger partial charge in [-0.1, -0.05) is 6.92 Å². The number of rotatable bonds is 6. The van der Waals surface area contributed by atoms with Crippen LogP contribution in [0.2, 0.25) is 0 Å². The van der Waals surface area contributed by atoms with Gasteiger partial charge >= 0.3 is 0 Å². The molecule has 0 saturated heterocycles. The van der Waals surface area contributed by atoms with Crippen molar-refractivity contribution in [3.63, 3.8) is 0 Å². The molecule has 0 fully saturated rings. The van der Waals surface area contributed by atoms with Gasteiger partial charge in [0.25, 0.3) is 0 Å². The lowest BCUT2D eigenvalue weighted by molar-refractivity contribution is 0.719. The van der Waals surface area contributed by atoms with Crippen LogP contribution in [0.3, 0.4) is 0 Å². The van der Waals surface area contributed by atoms with Crippen LogP contribution in [0, 0.1) is 0 Å². The molecule has 5 heteroatoms. The van der Waals surface area contributed by atoms with E-state index in [9.17, 15) is 0 Å². The fraction of sp³-hybridized carbons (Fsp3) is 0.700. The van der Waals surface area contributed by atoms with Gasteiger partial charge in [0.1, 0.15) is 0 Å². The van der Waals surface area contributed by atoms with Crippen LogP contribution < -0.4 is 0 Å². The second-order valence-electron chi connectivity index (χ2n) is 3.28. The summed E-state index contributed by atoms with van der Waals surface area (Å²) in [7, 11) is 2.00. The molecule has 0 aromatic carbocycles. The fourth-order valence-corrected chi connectivity index (χ4v) is 3.55. The van der Waals surface area contributed by atoms with Crippen LogP contribution in [0.15, 0.2) is 4.47 Å². The maximum absolute atomic E-state index is 5.63. The van der Waals surface area contributed by atoms with Crippen LogP contribution in [-0.2, 0) is 19.2 Å². The van der Waals surface area contributed by atoms with E-state index in [0.29, 0.717) is 0 Å². The van der Waals surface area contributed by atoms with Crippen molar-refractivity contribution in [2.24, 2.45) is 7.05 Å². The van der Waals surface area contributed by atoms with Crippen molar-refractivity contribution in [2.75, 3.05) is 11.6 Å². The van der Waals surface area contributed by atoms with E-state index in [-0.39, 0.29) is 0 Å². The molecule has 0 saturated carbocycles. The predicted octanol–water partition coefficient (Wildman–Crippen LogP) is 3.61. The van der Waals surface area contributed by atoms with Crippen LogP contribution in [0.25, 0.3) is 0 Å². The summed E-state index contributed by atoms with van der Waals surface area (Å²) in [4.78, 5) is 0. The summed E-state index contributed by atoms with van der Waals surface area (Å²) in [5.74, 6) is 2.86. The fourth-order valence-electron chi connectivity index (χ4n) is 1.30. The lowest BCUT2D eigenvalue weighted by Crippen LogP contribution is -1.97. The normalized spacial score (nSPS) is 10.9. The second kappa shape index (κ2) is 6.81. The second-order valence-corrected chi connectivity index (χ2v) is 5.56. The van der Waals surface area contributed by atoms with Crippen LogP contribution >= 0.6 is 39.3 Å². The van der Waals surface area contributed by atoms with E-state index in [4.69, 9.17) is 11.6 Å². The molecule has 86 valence electrons. The van der Waals surface area contributed by atoms with E-state index in [1.807, 2.05) is 23.5 Å². The van der Waals surface area contributed by atoms with Crippen molar-refractivity contribution in [1.82, 2.24) is 9.78 Å². The molecule has 0 N–H and O–H groups in total. The van der Waals surface area contributed by atoms with E-state index in [1.165, 1.54) is 10.2 Å². The van der Waals surface area contributed by atoms with Crippen molar-refractivity contribution in [2.45, 2.75) is 25.5 Å². The van der Waals surface area contributed by atoms with Gasteiger partial charge in [0.2, 0.25) is 0 Å². The minimum atomic E-state index is 0.750. The largest absolute Gasteiger partial charge is 0.270 e. The number of aryl methyl sites for hydroxylation is 2. The molecule has 0 aliphatic carbocycles. The lowest BCUT2D eigenvalue weighted by Gasteiger charge is -2.02. The molecule has 1 rings (SSSR count). The highest BCUT2D eigenvalue weighted by Gasteiger charge is 2.11. The Kier molecular flexibility index (Phi) is 6.09. The summed E-state index contributed by atoms with van der Waals surface area (Å²) in [6.07, 6.45) is 2.04. The Morgan fingerprint density at radius 3 is 2.80 bits per heavy atom. The SMILES string of the molecule is CCc1nn(C)c(CSCCCCl)c1Br. The van der Waals surface area contributed by atoms with Crippen molar-refractivity contribution in [1.29, 1.82) is 0 Å². The van der Waals surface area contributed by atoms with Crippen LogP contribution in [0.4, 0.5) is 0 Å². The number of hydrogen-bond donors (Lipinski definition) is 0. The average Bonchev–Trinajstić information content (AvgIpc) is 2.50. The van der Waals surface area contributed by atoms with Gasteiger partial charge in [-0.05, 0) is 34.5 Å². The van der Waals surface area contributed by atoms with Gasteiger partial charge in [-0.15, -0.1) is 11.6 Å². The Balaban J connectivity index is 2.56. The zero-order valence-corrected chi connectivity index (χ0v) is 12.3. The number of halogens is 2. The molecular weight excluding hydrogens is 296 g/mol. The minimum Gasteiger partial charge on any atom is -0.270 e. The third-order valence-corrected chi connectivity index (χ3v) is 4.40. The Morgan fingerprint density at radius 1 is 1.53 bits per heavy atom. The van der Waals surface area contributed by atoms with E-state index in [2.05, 4.69) is 28.0 Å². The highest BCUT2D eigenvalue weighted by atomic mass is 79.9. The summed E-state index contributed by atoms with van der Waals surface area (Å²) < 4.78 is 3.14. The van der Waals surface area contributed by atoms with Gasteiger partial charge in [0.05, 0.1) is 15.9 Å². The number of alkyl halides is 1. The smallest absolute Gasteiger partial charge is 0.0767 e. The summed E-state index contributed by atoms with van der Waals surface area (Å²) in [6, 6.07) is 0. The number of aromatic nitrogens is 2. The zero-order chi connectivity index (χ0) is 11.3. The summed E-state index contributed by atoms with van der Waals surface area (Å²) in [5.41, 5.74) is 2.41. The number of hydrogen-bond acceptors (Lipinski definition) is 2. The minimum absolute atomic E-state index is 0.750. The van der Waals surface area contributed by atoms with Gasteiger partial charge in [-0.2, -0.15) is 16.9 Å². The Morgan fingerprint density at radius 2 is 2.27 bits per heavy atom. The van der Waals surface area contributed by atoms with E-state index in [1.54, 1.807) is 0 Å². The molecule has 0 aliphatic heterocycles. The van der Waals surface area contributed by atoms with Crippen molar-refractivity contribution in [3.8, 4) is 0 Å². The monoisotopic (exact) mass is 310 g/mol. The maximum Gasteiger partial charge on any atom is 0.0767 e. The van der Waals surface area contributed by atoms with Crippen LogP contribution in [0.5, 0.6) is 0 Å². The third-order valence-electron chi connectivity index (χ3n) is 2.16. The first-order valence-electron chi connectivity index (χ1n) is 5.04. The standard InChI is InChI=1S/C10H16BrClN2S/c1-3-8-10(11)9(14(2)13-8)7-15-6-4-5-12/h3-7H2,1-2H3. The summed E-state index contributed by atoms with van der Waals surface area (Å²) in [6.45, 7) is 2.12. The van der Waals surface area contributed by atoms with E-state index >= 15 is 0 Å². The first kappa shape index (κ1) is 13.4. The lowest BCUT2D eigenvalue weighted by atomic mass is 10.3. The molecule has 1 heterocycles. The molecule has 0 bridgehead atoms. The number of thioether (sulfide) groups is 1. The Bertz CT molecular complexity index is 315. The molecule has 0 radical (unpaired) electrons. The molecule has 2 nitrogen and oxygen atoms in total. The van der Waals surface area contributed by atoms with Gasteiger partial charge in [0, 0.05) is 18.7 Å². The molecule has 15 heavy (non-hydrogen) atoms. The zero-order valence-electron chi connectivity index (χ0n) is 9.09. The molecule has 1 aromatic rings. The van der Waals surface area contributed by atoms with Gasteiger partial charge in [-0.25, -0.2) is 0 Å². The molecular formula is C10H16BrClN2S. The predicted molar refractivity (Wildman–Crippen MR) is 71.8 cm³/mol. The Hall–Kier alpha value is 0.330. The van der Waals surface area contributed by atoms with Crippen molar-refractivity contribution in [3.05, 3.63) is 15.9 Å². The first-order chi connectivity index (χ1) is 7.20. The van der Waals surface area contributed by atoms with Crippen molar-refractivity contribution < 1.29 is 0 Å². The van der Waals surface area contributed by atoms with Gasteiger partial charge < -0.3 is 0 Å². The molecule has 0 atom stereocenters. The third kappa shape index (κ3) is 3.68. The molecule has 0 spiro atoms. The Labute approximate surface area is 109 Å². The topological polar surface area (TPSA) is 17.8 Å². The molecule has 0 aliphatic rings. The van der Waals surface area contributed by atoms with Gasteiger partial charge in [-0.3, -0.25) is 4.68 Å². The molecule has 1 aromatic heterocycles. The van der Waals surface area contributed by atoms with E-state index < -0.39 is 0 Å². The first-order valence-corrected chi connectivity index (χ1v) is 7.52. The number of nitrogens with zero attached hydrogens (tertiary/aromatic N) is 2. The maximum atomic E-state index is 5.63. The van der Waals surface area contributed by atoms with Crippen molar-refractivity contribution >= 4 is 39.3 Å². The average molecular weight is 312 g/mol. The molecule has 0 amide bonds. The highest BCUT2D eigenvalue weighted by molar-refractivity contribution is 9.10. The van der Waals surface area contributed by atoms with E-state index in [0.717, 1.165) is 35.9 Å². The summed E-state index contributed by atoms with van der Waals surface area (Å²) in [5, 5.41) is 4.46.